The summed E-state index contributed by atoms with van der Waals surface area (Å²) in [5.74, 6) is -0.592. The topological polar surface area (TPSA) is 96.2 Å². The normalized spacial score (nSPS) is 21.8. The minimum atomic E-state index is -0.958. The predicted octanol–water partition coefficient (Wildman–Crippen LogP) is 4.20. The summed E-state index contributed by atoms with van der Waals surface area (Å²) in [4.78, 5) is 46.5. The van der Waals surface area contributed by atoms with Gasteiger partial charge in [-0.2, -0.15) is 0 Å². The monoisotopic (exact) mass is 591 g/mol. The molecular formula is C31H35F2N7O3. The van der Waals surface area contributed by atoms with Gasteiger partial charge >= 0.3 is 0 Å². The number of halogens is 2. The van der Waals surface area contributed by atoms with Crippen LogP contribution in [0.1, 0.15) is 61.2 Å². The molecule has 43 heavy (non-hydrogen) atoms. The van der Waals surface area contributed by atoms with Crippen LogP contribution < -0.4 is 4.90 Å². The van der Waals surface area contributed by atoms with Crippen molar-refractivity contribution >= 4 is 23.6 Å². The Kier molecular flexibility index (Phi) is 7.49. The van der Waals surface area contributed by atoms with E-state index in [1.807, 2.05) is 30.2 Å². The number of imidazole rings is 1. The SMILES string of the molecule is CCN1C(=O)c2nc(-c3ccc(C(=O)N4C[C@@H](C)O[C@@H](C)C4)nc3)n(Cc3ccc(F)c(F)c3)c2N2C[C@@H](C(C)C)N=C12. The van der Waals surface area contributed by atoms with Gasteiger partial charge in [-0.15, -0.1) is 0 Å². The van der Waals surface area contributed by atoms with Crippen molar-refractivity contribution in [1.82, 2.24) is 24.3 Å². The molecule has 3 aromatic rings. The molecule has 3 aliphatic rings. The molecule has 5 heterocycles. The third kappa shape index (κ3) is 5.17. The van der Waals surface area contributed by atoms with Crippen molar-refractivity contribution in [1.29, 1.82) is 0 Å². The number of carbonyl (C=O) groups excluding carboxylic acids is 2. The molecule has 1 fully saturated rings. The summed E-state index contributed by atoms with van der Waals surface area (Å²) in [5, 5.41) is 0. The first-order chi connectivity index (χ1) is 20.5. The number of amides is 2. The van der Waals surface area contributed by atoms with Gasteiger partial charge in [-0.3, -0.25) is 24.4 Å². The molecule has 12 heteroatoms. The number of anilines is 1. The van der Waals surface area contributed by atoms with E-state index >= 15 is 0 Å². The van der Waals surface area contributed by atoms with Gasteiger partial charge in [0, 0.05) is 31.4 Å². The highest BCUT2D eigenvalue weighted by Crippen LogP contribution is 2.37. The van der Waals surface area contributed by atoms with Crippen LogP contribution in [0.5, 0.6) is 0 Å². The molecule has 0 N–H and O–H groups in total. The lowest BCUT2D eigenvalue weighted by Crippen LogP contribution is -2.50. The van der Waals surface area contributed by atoms with E-state index in [2.05, 4.69) is 18.8 Å². The van der Waals surface area contributed by atoms with Crippen LogP contribution in [0.15, 0.2) is 41.5 Å². The molecular weight excluding hydrogens is 556 g/mol. The molecule has 3 atom stereocenters. The van der Waals surface area contributed by atoms with Crippen molar-refractivity contribution in [2.45, 2.75) is 59.4 Å². The Labute approximate surface area is 249 Å². The molecule has 0 unspecified atom stereocenters. The number of fused-ring (bicyclic) bond motifs is 3. The number of benzene rings is 1. The summed E-state index contributed by atoms with van der Waals surface area (Å²) in [6.07, 6.45) is 1.42. The lowest BCUT2D eigenvalue weighted by molar-refractivity contribution is -0.0587. The van der Waals surface area contributed by atoms with Crippen LogP contribution in [0.4, 0.5) is 14.6 Å². The lowest BCUT2D eigenvalue weighted by atomic mass is 10.1. The molecule has 1 saturated heterocycles. The van der Waals surface area contributed by atoms with E-state index in [9.17, 15) is 18.4 Å². The highest BCUT2D eigenvalue weighted by molar-refractivity contribution is 6.18. The van der Waals surface area contributed by atoms with Crippen LogP contribution in [-0.2, 0) is 11.3 Å². The number of hydrogen-bond donors (Lipinski definition) is 0. The van der Waals surface area contributed by atoms with Crippen LogP contribution in [0.25, 0.3) is 11.4 Å². The van der Waals surface area contributed by atoms with Gasteiger partial charge < -0.3 is 14.2 Å². The van der Waals surface area contributed by atoms with Crippen molar-refractivity contribution in [3.63, 3.8) is 0 Å². The maximum absolute atomic E-state index is 14.3. The minimum absolute atomic E-state index is 0.0320. The molecule has 2 aromatic heterocycles. The van der Waals surface area contributed by atoms with Gasteiger partial charge in [0.15, 0.2) is 17.3 Å². The van der Waals surface area contributed by atoms with Gasteiger partial charge in [0.25, 0.3) is 11.8 Å². The molecule has 2 amide bonds. The van der Waals surface area contributed by atoms with E-state index in [0.717, 1.165) is 12.1 Å². The first-order valence-electron chi connectivity index (χ1n) is 14.7. The number of aliphatic imine (C=N–C) groups is 1. The van der Waals surface area contributed by atoms with Gasteiger partial charge in [-0.1, -0.05) is 19.9 Å². The number of aromatic nitrogens is 3. The van der Waals surface area contributed by atoms with Crippen LogP contribution in [0.3, 0.4) is 0 Å². The van der Waals surface area contributed by atoms with Crippen molar-refractivity contribution in [2.24, 2.45) is 10.9 Å². The predicted molar refractivity (Wildman–Crippen MR) is 157 cm³/mol. The number of guanidine groups is 1. The summed E-state index contributed by atoms with van der Waals surface area (Å²) in [6.45, 7) is 12.0. The fourth-order valence-electron chi connectivity index (χ4n) is 6.00. The van der Waals surface area contributed by atoms with Crippen LogP contribution in [-0.4, -0.2) is 86.5 Å². The second kappa shape index (κ2) is 11.1. The second-order valence-corrected chi connectivity index (χ2v) is 11.7. The summed E-state index contributed by atoms with van der Waals surface area (Å²) < 4.78 is 35.6. The van der Waals surface area contributed by atoms with E-state index in [4.69, 9.17) is 14.7 Å². The van der Waals surface area contributed by atoms with Gasteiger partial charge in [-0.25, -0.2) is 18.8 Å². The molecule has 0 spiro atoms. The van der Waals surface area contributed by atoms with Gasteiger partial charge in [0.05, 0.1) is 31.3 Å². The van der Waals surface area contributed by atoms with Gasteiger partial charge in [-0.05, 0) is 56.5 Å². The van der Waals surface area contributed by atoms with E-state index in [1.54, 1.807) is 28.1 Å². The molecule has 0 aliphatic carbocycles. The average molecular weight is 592 g/mol. The molecule has 3 aliphatic heterocycles. The van der Waals surface area contributed by atoms with Gasteiger partial charge in [0.2, 0.25) is 5.96 Å². The Hall–Kier alpha value is -4.19. The number of rotatable bonds is 6. The second-order valence-electron chi connectivity index (χ2n) is 11.7. The van der Waals surface area contributed by atoms with E-state index in [0.29, 0.717) is 54.9 Å². The lowest BCUT2D eigenvalue weighted by Gasteiger charge is -2.35. The fraction of sp³-hybridized carbons (Fsp3) is 0.452. The molecule has 1 aromatic carbocycles. The number of ether oxygens (including phenoxy) is 1. The minimum Gasteiger partial charge on any atom is -0.372 e. The first kappa shape index (κ1) is 28.9. The number of nitrogens with zero attached hydrogens (tertiary/aromatic N) is 7. The zero-order valence-electron chi connectivity index (χ0n) is 24.9. The van der Waals surface area contributed by atoms with E-state index in [-0.39, 0.29) is 53.9 Å². The molecule has 0 radical (unpaired) electrons. The molecule has 226 valence electrons. The summed E-state index contributed by atoms with van der Waals surface area (Å²) in [5.41, 5.74) is 1.61. The van der Waals surface area contributed by atoms with Crippen molar-refractivity contribution in [3.05, 3.63) is 65.1 Å². The van der Waals surface area contributed by atoms with Crippen molar-refractivity contribution in [3.8, 4) is 11.4 Å². The Morgan fingerprint density at radius 1 is 1.07 bits per heavy atom. The van der Waals surface area contributed by atoms with Crippen LogP contribution in [0, 0.1) is 17.6 Å². The number of morpholine rings is 1. The Morgan fingerprint density at radius 3 is 2.44 bits per heavy atom. The Morgan fingerprint density at radius 2 is 1.81 bits per heavy atom. The third-order valence-electron chi connectivity index (χ3n) is 8.14. The molecule has 6 rings (SSSR count). The fourth-order valence-corrected chi connectivity index (χ4v) is 6.00. The summed E-state index contributed by atoms with van der Waals surface area (Å²) in [6, 6.07) is 7.11. The molecule has 0 saturated carbocycles. The zero-order chi connectivity index (χ0) is 30.6. The summed E-state index contributed by atoms with van der Waals surface area (Å²) in [7, 11) is 0. The smallest absolute Gasteiger partial charge is 0.283 e. The third-order valence-corrected chi connectivity index (χ3v) is 8.14. The van der Waals surface area contributed by atoms with Gasteiger partial charge in [0.1, 0.15) is 17.3 Å². The van der Waals surface area contributed by atoms with E-state index < -0.39 is 11.6 Å². The van der Waals surface area contributed by atoms with E-state index in [1.165, 1.54) is 6.07 Å². The Balaban J connectivity index is 1.43. The molecule has 0 bridgehead atoms. The number of pyridine rings is 1. The molecule has 10 nitrogen and oxygen atoms in total. The van der Waals surface area contributed by atoms with Crippen molar-refractivity contribution in [2.75, 3.05) is 31.1 Å². The average Bonchev–Trinajstić information content (AvgIpc) is 3.57. The zero-order valence-corrected chi connectivity index (χ0v) is 24.9. The maximum atomic E-state index is 14.3. The number of hydrogen-bond acceptors (Lipinski definition) is 7. The highest BCUT2D eigenvalue weighted by atomic mass is 19.2. The standard InChI is InChI=1S/C31H35F2N7O3/c1-6-38-30(42)26-28(40-16-25(17(2)3)35-31(38)40)39(15-20-7-9-22(32)23(33)11-20)27(36-26)21-8-10-24(34-12-21)29(41)37-13-18(4)43-19(5)14-37/h7-12,17-19,25H,6,13-16H2,1-5H3/t18-,19+,25-/m0/s1. The van der Waals surface area contributed by atoms with Crippen molar-refractivity contribution < 1.29 is 23.1 Å². The Bertz CT molecular complexity index is 1590. The van der Waals surface area contributed by atoms with Crippen LogP contribution in [0.2, 0.25) is 0 Å². The largest absolute Gasteiger partial charge is 0.372 e. The number of carbonyl (C=O) groups is 2. The summed E-state index contributed by atoms with van der Waals surface area (Å²) >= 11 is 0. The van der Waals surface area contributed by atoms with Crippen LogP contribution >= 0.6 is 0 Å². The first-order valence-corrected chi connectivity index (χ1v) is 14.7. The highest BCUT2D eigenvalue weighted by Gasteiger charge is 2.44. The maximum Gasteiger partial charge on any atom is 0.283 e. The quantitative estimate of drug-likeness (QED) is 0.427.